The minimum absolute atomic E-state index is 0.0567. The van der Waals surface area contributed by atoms with Crippen molar-refractivity contribution in [3.63, 3.8) is 0 Å². The van der Waals surface area contributed by atoms with E-state index < -0.39 is 0 Å². The normalized spacial score (nSPS) is 10.5. The summed E-state index contributed by atoms with van der Waals surface area (Å²) in [5, 5.41) is 0. The Morgan fingerprint density at radius 2 is 1.42 bits per heavy atom. The van der Waals surface area contributed by atoms with Gasteiger partial charge in [-0.05, 0) is 30.7 Å². The highest BCUT2D eigenvalue weighted by atomic mass is 16.5. The molecule has 0 saturated carbocycles. The summed E-state index contributed by atoms with van der Waals surface area (Å²) < 4.78 is 5.69. The molecule has 0 aliphatic rings. The maximum absolute atomic E-state index is 11.5. The van der Waals surface area contributed by atoms with Crippen LogP contribution in [-0.2, 0) is 4.79 Å². The smallest absolute Gasteiger partial charge is 0.169 e. The van der Waals surface area contributed by atoms with Gasteiger partial charge in [-0.2, -0.15) is 0 Å². The van der Waals surface area contributed by atoms with E-state index in [-0.39, 0.29) is 12.2 Å². The molecule has 3 heteroatoms. The highest BCUT2D eigenvalue weighted by molar-refractivity contribution is 6.02. The molecule has 3 nitrogen and oxygen atoms in total. The van der Waals surface area contributed by atoms with Gasteiger partial charge in [0.2, 0.25) is 0 Å². The predicted octanol–water partition coefficient (Wildman–Crippen LogP) is 5.76. The Balaban J connectivity index is 2.01. The Morgan fingerprint density at radius 1 is 0.875 bits per heavy atom. The van der Waals surface area contributed by atoms with Crippen LogP contribution in [-0.4, -0.2) is 18.7 Å². The summed E-state index contributed by atoms with van der Waals surface area (Å²) in [7, 11) is 0. The van der Waals surface area contributed by atoms with Gasteiger partial charge in [0, 0.05) is 5.56 Å². The molecule has 0 spiro atoms. The van der Waals surface area contributed by atoms with E-state index in [2.05, 4.69) is 6.92 Å². The fourth-order valence-electron chi connectivity index (χ4n) is 2.71. The molecular weight excluding hydrogens is 300 g/mol. The molecule has 0 saturated heterocycles. The Hall–Kier alpha value is -1.64. The zero-order chi connectivity index (χ0) is 17.5. The van der Waals surface area contributed by atoms with E-state index in [1.165, 1.54) is 57.8 Å². The molecule has 0 aliphatic heterocycles. The first kappa shape index (κ1) is 20.4. The molecule has 1 aromatic rings. The summed E-state index contributed by atoms with van der Waals surface area (Å²) in [6, 6.07) is 7.04. The van der Waals surface area contributed by atoms with Crippen molar-refractivity contribution in [2.45, 2.75) is 77.6 Å². The van der Waals surface area contributed by atoms with Crippen molar-refractivity contribution >= 4 is 12.1 Å². The van der Waals surface area contributed by atoms with E-state index in [1.807, 2.05) is 0 Å². The number of ether oxygens (including phenoxy) is 1. The zero-order valence-electron chi connectivity index (χ0n) is 15.1. The Bertz CT molecular complexity index is 451. The Kier molecular flexibility index (Phi) is 11.7. The van der Waals surface area contributed by atoms with Crippen LogP contribution in [0.4, 0.5) is 0 Å². The quantitative estimate of drug-likeness (QED) is 0.177. The monoisotopic (exact) mass is 332 g/mol. The molecule has 0 fully saturated rings. The molecule has 0 N–H and O–H groups in total. The molecule has 0 bridgehead atoms. The topological polar surface area (TPSA) is 43.4 Å². The summed E-state index contributed by atoms with van der Waals surface area (Å²) >= 11 is 0. The lowest BCUT2D eigenvalue weighted by Gasteiger charge is -2.07. The lowest BCUT2D eigenvalue weighted by molar-refractivity contribution is -0.107. The summed E-state index contributed by atoms with van der Waals surface area (Å²) in [4.78, 5) is 21.9. The Labute approximate surface area is 146 Å². The number of unbranched alkanes of at least 4 members (excludes halogenated alkanes) is 9. The van der Waals surface area contributed by atoms with Crippen LogP contribution in [0.2, 0.25) is 0 Å². The van der Waals surface area contributed by atoms with Gasteiger partial charge in [-0.1, -0.05) is 64.7 Å². The first-order valence-electron chi connectivity index (χ1n) is 9.47. The van der Waals surface area contributed by atoms with Crippen molar-refractivity contribution < 1.29 is 14.3 Å². The van der Waals surface area contributed by atoms with Crippen LogP contribution < -0.4 is 4.74 Å². The van der Waals surface area contributed by atoms with Crippen molar-refractivity contribution in [3.8, 4) is 5.75 Å². The van der Waals surface area contributed by atoms with Gasteiger partial charge in [0.15, 0.2) is 5.78 Å². The van der Waals surface area contributed by atoms with Gasteiger partial charge in [-0.3, -0.25) is 4.79 Å². The van der Waals surface area contributed by atoms with Crippen molar-refractivity contribution in [2.24, 2.45) is 0 Å². The van der Waals surface area contributed by atoms with Crippen LogP contribution >= 0.6 is 0 Å². The molecule has 0 aromatic heterocycles. The molecule has 1 rings (SSSR count). The van der Waals surface area contributed by atoms with Crippen LogP contribution in [0.5, 0.6) is 5.75 Å². The third-order valence-electron chi connectivity index (χ3n) is 4.21. The second-order valence-corrected chi connectivity index (χ2v) is 6.35. The van der Waals surface area contributed by atoms with Gasteiger partial charge < -0.3 is 9.53 Å². The number of hydrogen-bond acceptors (Lipinski definition) is 3. The summed E-state index contributed by atoms with van der Waals surface area (Å²) in [5.74, 6) is 0.639. The summed E-state index contributed by atoms with van der Waals surface area (Å²) in [5.41, 5.74) is 0.563. The molecule has 24 heavy (non-hydrogen) atoms. The molecule has 0 unspecified atom stereocenters. The molecule has 0 amide bonds. The molecule has 0 heterocycles. The van der Waals surface area contributed by atoms with Crippen LogP contribution in [0.25, 0.3) is 0 Å². The molecular formula is C21H32O3. The van der Waals surface area contributed by atoms with E-state index in [0.29, 0.717) is 11.8 Å². The van der Waals surface area contributed by atoms with Gasteiger partial charge in [0.05, 0.1) is 13.0 Å². The first-order valence-corrected chi connectivity index (χ1v) is 9.47. The second kappa shape index (κ2) is 13.8. The van der Waals surface area contributed by atoms with Crippen LogP contribution in [0.1, 0.15) is 87.9 Å². The highest BCUT2D eigenvalue weighted by Gasteiger charge is 2.04. The molecule has 0 aliphatic carbocycles. The maximum atomic E-state index is 11.5. The average Bonchev–Trinajstić information content (AvgIpc) is 2.60. The second-order valence-electron chi connectivity index (χ2n) is 6.35. The van der Waals surface area contributed by atoms with Crippen molar-refractivity contribution in [1.29, 1.82) is 0 Å². The fourth-order valence-corrected chi connectivity index (χ4v) is 2.71. The number of Topliss-reactive ketones (excluding diaryl/α,β-unsaturated/α-hetero) is 1. The van der Waals surface area contributed by atoms with Crippen LogP contribution in [0.3, 0.4) is 0 Å². The largest absolute Gasteiger partial charge is 0.494 e. The lowest BCUT2D eigenvalue weighted by atomic mass is 10.1. The lowest BCUT2D eigenvalue weighted by Crippen LogP contribution is -2.00. The maximum Gasteiger partial charge on any atom is 0.169 e. The summed E-state index contributed by atoms with van der Waals surface area (Å²) in [6.07, 6.45) is 13.7. The van der Waals surface area contributed by atoms with E-state index in [0.717, 1.165) is 18.8 Å². The minimum atomic E-state index is -0.147. The van der Waals surface area contributed by atoms with Crippen LogP contribution in [0, 0.1) is 0 Å². The van der Waals surface area contributed by atoms with E-state index in [4.69, 9.17) is 4.74 Å². The number of carbonyl (C=O) groups excluding carboxylic acids is 2. The predicted molar refractivity (Wildman–Crippen MR) is 98.8 cm³/mol. The molecule has 134 valence electrons. The molecule has 0 atom stereocenters. The highest BCUT2D eigenvalue weighted by Crippen LogP contribution is 2.15. The number of aldehydes is 1. The van der Waals surface area contributed by atoms with Gasteiger partial charge >= 0.3 is 0 Å². The zero-order valence-corrected chi connectivity index (χ0v) is 15.1. The van der Waals surface area contributed by atoms with Crippen LogP contribution in [0.15, 0.2) is 24.3 Å². The average molecular weight is 332 g/mol. The third-order valence-corrected chi connectivity index (χ3v) is 4.21. The number of rotatable bonds is 15. The SMILES string of the molecule is CCCCCCCCCCCCOc1ccc(C(=O)CC=O)cc1. The standard InChI is InChI=1S/C21H32O3/c1-2-3-4-5-6-7-8-9-10-11-18-24-20-14-12-19(13-15-20)21(23)16-17-22/h12-15,17H,2-11,16,18H2,1H3. The number of hydrogen-bond donors (Lipinski definition) is 0. The third kappa shape index (κ3) is 9.49. The number of carbonyl (C=O) groups is 2. The van der Waals surface area contributed by atoms with Crippen molar-refractivity contribution in [3.05, 3.63) is 29.8 Å². The summed E-state index contributed by atoms with van der Waals surface area (Å²) in [6.45, 7) is 2.97. The number of benzene rings is 1. The van der Waals surface area contributed by atoms with Gasteiger partial charge in [0.1, 0.15) is 12.0 Å². The van der Waals surface area contributed by atoms with Gasteiger partial charge in [0.25, 0.3) is 0 Å². The van der Waals surface area contributed by atoms with Gasteiger partial charge in [-0.25, -0.2) is 0 Å². The Morgan fingerprint density at radius 3 is 1.96 bits per heavy atom. The van der Waals surface area contributed by atoms with Gasteiger partial charge in [-0.15, -0.1) is 0 Å². The first-order chi connectivity index (χ1) is 11.8. The molecule has 0 radical (unpaired) electrons. The van der Waals surface area contributed by atoms with Crippen molar-refractivity contribution in [1.82, 2.24) is 0 Å². The van der Waals surface area contributed by atoms with E-state index in [9.17, 15) is 9.59 Å². The van der Waals surface area contributed by atoms with E-state index in [1.54, 1.807) is 24.3 Å². The van der Waals surface area contributed by atoms with E-state index >= 15 is 0 Å². The van der Waals surface area contributed by atoms with Crippen molar-refractivity contribution in [2.75, 3.05) is 6.61 Å². The number of ketones is 1. The fraction of sp³-hybridized carbons (Fsp3) is 0.619. The minimum Gasteiger partial charge on any atom is -0.494 e. The molecule has 1 aromatic carbocycles.